The van der Waals surface area contributed by atoms with Crippen LogP contribution in [0.2, 0.25) is 0 Å². The maximum atomic E-state index is 12.5. The Morgan fingerprint density at radius 2 is 1.72 bits per heavy atom. The normalized spacial score (nSPS) is 14.0. The third kappa shape index (κ3) is 6.25. The van der Waals surface area contributed by atoms with Crippen LogP contribution in [0.1, 0.15) is 56.2 Å². The van der Waals surface area contributed by atoms with Crippen molar-refractivity contribution in [2.45, 2.75) is 64.9 Å². The number of hydrogen-bond donors (Lipinski definition) is 1. The van der Waals surface area contributed by atoms with Gasteiger partial charge in [0.15, 0.2) is 6.10 Å². The first-order valence-corrected chi connectivity index (χ1v) is 11.0. The van der Waals surface area contributed by atoms with Gasteiger partial charge in [0.25, 0.3) is 5.91 Å². The summed E-state index contributed by atoms with van der Waals surface area (Å²) in [7, 11) is 0. The summed E-state index contributed by atoms with van der Waals surface area (Å²) in [6.45, 7) is 5.04. The van der Waals surface area contributed by atoms with Gasteiger partial charge < -0.3 is 14.8 Å². The average molecular weight is 396 g/mol. The highest BCUT2D eigenvalue weighted by Gasteiger charge is 2.19. The minimum absolute atomic E-state index is 0.0906. The van der Waals surface area contributed by atoms with Crippen LogP contribution in [0.3, 0.4) is 0 Å². The number of fused-ring (bicyclic) bond motifs is 1. The average Bonchev–Trinajstić information content (AvgIpc) is 2.76. The number of rotatable bonds is 10. The predicted octanol–water partition coefficient (Wildman–Crippen LogP) is 4.87. The molecule has 156 valence electrons. The van der Waals surface area contributed by atoms with E-state index in [1.54, 1.807) is 0 Å². The topological polar surface area (TPSA) is 47.6 Å². The summed E-state index contributed by atoms with van der Waals surface area (Å²) in [5.74, 6) is 1.53. The largest absolute Gasteiger partial charge is 0.492 e. The van der Waals surface area contributed by atoms with Crippen LogP contribution in [0.5, 0.6) is 11.5 Å². The lowest BCUT2D eigenvalue weighted by atomic mass is 9.92. The van der Waals surface area contributed by atoms with Gasteiger partial charge in [0, 0.05) is 0 Å². The zero-order chi connectivity index (χ0) is 20.5. The highest BCUT2D eigenvalue weighted by molar-refractivity contribution is 5.81. The van der Waals surface area contributed by atoms with Crippen molar-refractivity contribution in [1.29, 1.82) is 0 Å². The van der Waals surface area contributed by atoms with Gasteiger partial charge in [-0.05, 0) is 79.5 Å². The Morgan fingerprint density at radius 1 is 1.00 bits per heavy atom. The van der Waals surface area contributed by atoms with Gasteiger partial charge >= 0.3 is 0 Å². The van der Waals surface area contributed by atoms with Crippen LogP contribution in [0, 0.1) is 0 Å². The first kappa shape index (κ1) is 21.2. The zero-order valence-corrected chi connectivity index (χ0v) is 17.7. The second kappa shape index (κ2) is 10.9. The number of aryl methyl sites for hydroxylation is 3. The first-order valence-electron chi connectivity index (χ1n) is 11.0. The molecular formula is C25H33NO3. The van der Waals surface area contributed by atoms with Gasteiger partial charge in [0.2, 0.25) is 0 Å². The van der Waals surface area contributed by atoms with Gasteiger partial charge in [-0.15, -0.1) is 0 Å². The third-order valence-corrected chi connectivity index (χ3v) is 5.39. The zero-order valence-electron chi connectivity index (χ0n) is 17.7. The Hall–Kier alpha value is -2.49. The quantitative estimate of drug-likeness (QED) is 0.584. The molecule has 1 N–H and O–H groups in total. The van der Waals surface area contributed by atoms with E-state index in [2.05, 4.69) is 36.5 Å². The highest BCUT2D eigenvalue weighted by atomic mass is 16.5. The lowest BCUT2D eigenvalue weighted by molar-refractivity contribution is -0.128. The number of ether oxygens (including phenoxy) is 2. The molecule has 0 spiro atoms. The Labute approximate surface area is 174 Å². The lowest BCUT2D eigenvalue weighted by Crippen LogP contribution is -2.39. The Kier molecular flexibility index (Phi) is 7.97. The van der Waals surface area contributed by atoms with Gasteiger partial charge in [0.05, 0.1) is 6.54 Å². The molecule has 3 rings (SSSR count). The van der Waals surface area contributed by atoms with Crippen molar-refractivity contribution in [3.8, 4) is 11.5 Å². The number of carbonyl (C=O) groups excluding carboxylic acids is 1. The number of benzene rings is 2. The van der Waals surface area contributed by atoms with Crippen molar-refractivity contribution in [2.24, 2.45) is 0 Å². The summed E-state index contributed by atoms with van der Waals surface area (Å²) >= 11 is 0. The predicted molar refractivity (Wildman–Crippen MR) is 117 cm³/mol. The van der Waals surface area contributed by atoms with E-state index in [4.69, 9.17) is 9.47 Å². The Morgan fingerprint density at radius 3 is 2.45 bits per heavy atom. The molecule has 0 bridgehead atoms. The number of hydrogen-bond acceptors (Lipinski definition) is 3. The molecule has 4 nitrogen and oxygen atoms in total. The molecule has 1 amide bonds. The van der Waals surface area contributed by atoms with Gasteiger partial charge in [-0.1, -0.05) is 38.5 Å². The summed E-state index contributed by atoms with van der Waals surface area (Å²) in [5, 5.41) is 2.93. The lowest BCUT2D eigenvalue weighted by Gasteiger charge is -2.20. The van der Waals surface area contributed by atoms with Crippen molar-refractivity contribution >= 4 is 5.91 Å². The second-order valence-electron chi connectivity index (χ2n) is 7.69. The molecule has 0 saturated heterocycles. The van der Waals surface area contributed by atoms with Crippen LogP contribution in [0.4, 0.5) is 0 Å². The summed E-state index contributed by atoms with van der Waals surface area (Å²) in [6, 6.07) is 14.4. The molecule has 0 heterocycles. The SMILES string of the molecule is CCCc1ccc(OCCNC(=O)[C@@H](CC)Oc2ccc3c(c2)CCCC3)cc1. The molecule has 1 atom stereocenters. The van der Waals surface area contributed by atoms with Crippen LogP contribution >= 0.6 is 0 Å². The van der Waals surface area contributed by atoms with Crippen LogP contribution < -0.4 is 14.8 Å². The van der Waals surface area contributed by atoms with Gasteiger partial charge in [0.1, 0.15) is 18.1 Å². The number of amides is 1. The Balaban J connectivity index is 1.43. The van der Waals surface area contributed by atoms with E-state index < -0.39 is 6.10 Å². The molecule has 1 aliphatic carbocycles. The molecule has 0 unspecified atom stereocenters. The molecule has 29 heavy (non-hydrogen) atoms. The maximum Gasteiger partial charge on any atom is 0.261 e. The van der Waals surface area contributed by atoms with Gasteiger partial charge in [-0.3, -0.25) is 4.79 Å². The standard InChI is InChI=1S/C25H33NO3/c1-3-7-19-10-13-22(14-11-19)28-17-16-26-25(27)24(4-2)29-23-15-12-20-8-5-6-9-21(20)18-23/h10-15,18,24H,3-9,16-17H2,1-2H3,(H,26,27)/t24-/m1/s1. The summed E-state index contributed by atoms with van der Waals surface area (Å²) in [4.78, 5) is 12.5. The van der Waals surface area contributed by atoms with E-state index in [-0.39, 0.29) is 5.91 Å². The molecular weight excluding hydrogens is 362 g/mol. The molecule has 0 aromatic heterocycles. The fourth-order valence-electron chi connectivity index (χ4n) is 3.77. The van der Waals surface area contributed by atoms with E-state index >= 15 is 0 Å². The van der Waals surface area contributed by atoms with Crippen molar-refractivity contribution < 1.29 is 14.3 Å². The Bertz CT molecular complexity index is 785. The van der Waals surface area contributed by atoms with Gasteiger partial charge in [-0.2, -0.15) is 0 Å². The molecule has 4 heteroatoms. The minimum Gasteiger partial charge on any atom is -0.492 e. The highest BCUT2D eigenvalue weighted by Crippen LogP contribution is 2.26. The van der Waals surface area contributed by atoms with E-state index in [9.17, 15) is 4.79 Å². The molecule has 0 radical (unpaired) electrons. The molecule has 0 aliphatic heterocycles. The van der Waals surface area contributed by atoms with E-state index in [1.165, 1.54) is 29.5 Å². The maximum absolute atomic E-state index is 12.5. The van der Waals surface area contributed by atoms with E-state index in [0.717, 1.165) is 37.2 Å². The summed E-state index contributed by atoms with van der Waals surface area (Å²) in [6.07, 6.45) is 7.11. The molecule has 1 aliphatic rings. The van der Waals surface area contributed by atoms with Crippen LogP contribution in [-0.4, -0.2) is 25.2 Å². The fourth-order valence-corrected chi connectivity index (χ4v) is 3.77. The number of nitrogens with one attached hydrogen (secondary N) is 1. The smallest absolute Gasteiger partial charge is 0.261 e. The van der Waals surface area contributed by atoms with E-state index in [0.29, 0.717) is 19.6 Å². The third-order valence-electron chi connectivity index (χ3n) is 5.39. The molecule has 0 saturated carbocycles. The van der Waals surface area contributed by atoms with Crippen LogP contribution in [-0.2, 0) is 24.1 Å². The first-order chi connectivity index (χ1) is 14.2. The van der Waals surface area contributed by atoms with Crippen molar-refractivity contribution in [1.82, 2.24) is 5.32 Å². The van der Waals surface area contributed by atoms with Crippen molar-refractivity contribution in [2.75, 3.05) is 13.2 Å². The monoisotopic (exact) mass is 395 g/mol. The fraction of sp³-hybridized carbons (Fsp3) is 0.480. The van der Waals surface area contributed by atoms with E-state index in [1.807, 2.05) is 25.1 Å². The molecule has 0 fully saturated rings. The second-order valence-corrected chi connectivity index (χ2v) is 7.69. The number of carbonyl (C=O) groups is 1. The van der Waals surface area contributed by atoms with Crippen LogP contribution in [0.25, 0.3) is 0 Å². The molecule has 2 aromatic rings. The summed E-state index contributed by atoms with van der Waals surface area (Å²) < 4.78 is 11.7. The molecule has 2 aromatic carbocycles. The summed E-state index contributed by atoms with van der Waals surface area (Å²) in [5.41, 5.74) is 4.10. The van der Waals surface area contributed by atoms with Crippen molar-refractivity contribution in [3.63, 3.8) is 0 Å². The van der Waals surface area contributed by atoms with Crippen molar-refractivity contribution in [3.05, 3.63) is 59.2 Å². The minimum atomic E-state index is -0.482. The van der Waals surface area contributed by atoms with Gasteiger partial charge in [-0.25, -0.2) is 0 Å². The van der Waals surface area contributed by atoms with Crippen LogP contribution in [0.15, 0.2) is 42.5 Å².